The molecule has 4 nitrogen and oxygen atoms in total. The van der Waals surface area contributed by atoms with Gasteiger partial charge in [-0.3, -0.25) is 4.79 Å². The maximum absolute atomic E-state index is 11.3. The molecule has 90 valence electrons. The number of carbonyl (C=O) groups excluding carboxylic acids is 1. The van der Waals surface area contributed by atoms with Crippen molar-refractivity contribution in [3.05, 3.63) is 0 Å². The monoisotopic (exact) mass is 216 g/mol. The number of nitrogens with one attached hydrogen (secondary N) is 1. The van der Waals surface area contributed by atoms with E-state index in [-0.39, 0.29) is 12.0 Å². The second-order valence-electron chi connectivity index (χ2n) is 3.55. The zero-order chi connectivity index (χ0) is 11.7. The third-order valence-electron chi connectivity index (χ3n) is 2.57. The van der Waals surface area contributed by atoms with Gasteiger partial charge in [0.05, 0.1) is 0 Å². The number of nitrogens with zero attached hydrogens (tertiary/aromatic N) is 1. The Balaban J connectivity index is 3.49. The van der Waals surface area contributed by atoms with Crippen LogP contribution in [0.25, 0.3) is 0 Å². The second-order valence-corrected chi connectivity index (χ2v) is 3.55. The maximum atomic E-state index is 11.3. The van der Waals surface area contributed by atoms with Crippen LogP contribution in [0, 0.1) is 0 Å². The van der Waals surface area contributed by atoms with E-state index < -0.39 is 0 Å². The molecule has 1 amide bonds. The fourth-order valence-corrected chi connectivity index (χ4v) is 1.30. The van der Waals surface area contributed by atoms with Crippen LogP contribution >= 0.6 is 0 Å². The first-order valence-electron chi connectivity index (χ1n) is 5.68. The lowest BCUT2D eigenvalue weighted by Crippen LogP contribution is -2.36. The lowest BCUT2D eigenvalue weighted by atomic mass is 10.3. The highest BCUT2D eigenvalue weighted by Gasteiger charge is 2.09. The molecule has 0 heterocycles. The van der Waals surface area contributed by atoms with Crippen LogP contribution in [-0.4, -0.2) is 50.2 Å². The molecule has 0 bridgehead atoms. The van der Waals surface area contributed by atoms with Crippen molar-refractivity contribution in [2.45, 2.75) is 33.3 Å². The molecule has 4 heteroatoms. The highest BCUT2D eigenvalue weighted by molar-refractivity contribution is 5.80. The molecule has 0 aliphatic heterocycles. The molecule has 0 saturated heterocycles. The van der Waals surface area contributed by atoms with E-state index in [0.717, 1.165) is 32.6 Å². The van der Waals surface area contributed by atoms with E-state index in [2.05, 4.69) is 24.1 Å². The van der Waals surface area contributed by atoms with Gasteiger partial charge in [-0.15, -0.1) is 0 Å². The van der Waals surface area contributed by atoms with Crippen molar-refractivity contribution in [2.75, 3.05) is 33.3 Å². The van der Waals surface area contributed by atoms with Gasteiger partial charge in [-0.1, -0.05) is 13.8 Å². The Morgan fingerprint density at radius 2 is 2.00 bits per heavy atom. The van der Waals surface area contributed by atoms with E-state index in [1.165, 1.54) is 0 Å². The highest BCUT2D eigenvalue weighted by atomic mass is 16.5. The summed E-state index contributed by atoms with van der Waals surface area (Å²) in [5, 5.41) is 2.85. The minimum atomic E-state index is -0.349. The van der Waals surface area contributed by atoms with Crippen LogP contribution in [-0.2, 0) is 9.53 Å². The van der Waals surface area contributed by atoms with Gasteiger partial charge in [0.1, 0.15) is 6.10 Å². The summed E-state index contributed by atoms with van der Waals surface area (Å²) in [5.41, 5.74) is 0. The van der Waals surface area contributed by atoms with Gasteiger partial charge >= 0.3 is 0 Å². The number of rotatable bonds is 8. The Morgan fingerprint density at radius 1 is 1.40 bits per heavy atom. The van der Waals surface area contributed by atoms with Crippen molar-refractivity contribution in [2.24, 2.45) is 0 Å². The first kappa shape index (κ1) is 14.4. The quantitative estimate of drug-likeness (QED) is 0.612. The SMILES string of the molecule is CCN(CC)CCCNC(=O)C(C)OC. The van der Waals surface area contributed by atoms with Crippen molar-refractivity contribution < 1.29 is 9.53 Å². The van der Waals surface area contributed by atoms with Crippen molar-refractivity contribution in [1.82, 2.24) is 10.2 Å². The topological polar surface area (TPSA) is 41.6 Å². The zero-order valence-corrected chi connectivity index (χ0v) is 10.4. The van der Waals surface area contributed by atoms with Gasteiger partial charge < -0.3 is 15.0 Å². The Morgan fingerprint density at radius 3 is 2.47 bits per heavy atom. The van der Waals surface area contributed by atoms with Gasteiger partial charge in [0.15, 0.2) is 0 Å². The van der Waals surface area contributed by atoms with Crippen LogP contribution in [0.4, 0.5) is 0 Å². The molecule has 15 heavy (non-hydrogen) atoms. The van der Waals surface area contributed by atoms with Crippen molar-refractivity contribution in [3.8, 4) is 0 Å². The van der Waals surface area contributed by atoms with Gasteiger partial charge in [0, 0.05) is 13.7 Å². The van der Waals surface area contributed by atoms with Crippen LogP contribution in [0.1, 0.15) is 27.2 Å². The van der Waals surface area contributed by atoms with Gasteiger partial charge in [0.2, 0.25) is 5.91 Å². The van der Waals surface area contributed by atoms with Crippen LogP contribution in [0.5, 0.6) is 0 Å². The van der Waals surface area contributed by atoms with E-state index in [4.69, 9.17) is 4.74 Å². The third-order valence-corrected chi connectivity index (χ3v) is 2.57. The summed E-state index contributed by atoms with van der Waals surface area (Å²) in [6.07, 6.45) is 0.641. The number of ether oxygens (including phenoxy) is 1. The number of hydrogen-bond acceptors (Lipinski definition) is 3. The van der Waals surface area contributed by atoms with Crippen molar-refractivity contribution in [1.29, 1.82) is 0 Å². The average molecular weight is 216 g/mol. The first-order valence-corrected chi connectivity index (χ1v) is 5.68. The van der Waals surface area contributed by atoms with E-state index >= 15 is 0 Å². The van der Waals surface area contributed by atoms with E-state index in [0.29, 0.717) is 0 Å². The number of methoxy groups -OCH3 is 1. The number of hydrogen-bond donors (Lipinski definition) is 1. The molecule has 0 aliphatic carbocycles. The van der Waals surface area contributed by atoms with E-state index in [9.17, 15) is 4.79 Å². The molecule has 0 aromatic carbocycles. The Kier molecular flexibility index (Phi) is 8.33. The van der Waals surface area contributed by atoms with Gasteiger partial charge in [-0.25, -0.2) is 0 Å². The van der Waals surface area contributed by atoms with Gasteiger partial charge in [-0.05, 0) is 33.0 Å². The lowest BCUT2D eigenvalue weighted by Gasteiger charge is -2.18. The summed E-state index contributed by atoms with van der Waals surface area (Å²) >= 11 is 0. The summed E-state index contributed by atoms with van der Waals surface area (Å²) < 4.78 is 4.91. The third kappa shape index (κ3) is 6.47. The largest absolute Gasteiger partial charge is 0.372 e. The Hall–Kier alpha value is -0.610. The minimum absolute atomic E-state index is 0.0305. The molecule has 0 aromatic heterocycles. The number of carbonyl (C=O) groups is 1. The molecule has 0 rings (SSSR count). The van der Waals surface area contributed by atoms with E-state index in [1.807, 2.05) is 0 Å². The summed E-state index contributed by atoms with van der Waals surface area (Å²) in [6.45, 7) is 9.94. The highest BCUT2D eigenvalue weighted by Crippen LogP contribution is 1.91. The van der Waals surface area contributed by atoms with Crippen molar-refractivity contribution in [3.63, 3.8) is 0 Å². The smallest absolute Gasteiger partial charge is 0.248 e. The summed E-state index contributed by atoms with van der Waals surface area (Å²) in [6, 6.07) is 0. The van der Waals surface area contributed by atoms with E-state index in [1.54, 1.807) is 14.0 Å². The summed E-state index contributed by atoms with van der Waals surface area (Å²) in [7, 11) is 1.54. The van der Waals surface area contributed by atoms with Gasteiger partial charge in [0.25, 0.3) is 0 Å². The van der Waals surface area contributed by atoms with Crippen LogP contribution < -0.4 is 5.32 Å². The molecule has 1 N–H and O–H groups in total. The Labute approximate surface area is 93.0 Å². The first-order chi connectivity index (χ1) is 7.15. The predicted octanol–water partition coefficient (Wildman–Crippen LogP) is 0.869. The number of amides is 1. The van der Waals surface area contributed by atoms with Gasteiger partial charge in [-0.2, -0.15) is 0 Å². The van der Waals surface area contributed by atoms with Crippen LogP contribution in [0.2, 0.25) is 0 Å². The Bertz CT molecular complexity index is 170. The van der Waals surface area contributed by atoms with Crippen LogP contribution in [0.15, 0.2) is 0 Å². The standard InChI is InChI=1S/C11H24N2O2/c1-5-13(6-2)9-7-8-12-11(14)10(3)15-4/h10H,5-9H2,1-4H3,(H,12,14). The minimum Gasteiger partial charge on any atom is -0.372 e. The molecule has 0 fully saturated rings. The molecule has 0 aliphatic rings. The summed E-state index contributed by atoms with van der Waals surface area (Å²) in [4.78, 5) is 13.6. The fraction of sp³-hybridized carbons (Fsp3) is 0.909. The average Bonchev–Trinajstić information content (AvgIpc) is 2.27. The molecular formula is C11H24N2O2. The maximum Gasteiger partial charge on any atom is 0.248 e. The lowest BCUT2D eigenvalue weighted by molar-refractivity contribution is -0.130. The fourth-order valence-electron chi connectivity index (χ4n) is 1.30. The van der Waals surface area contributed by atoms with Crippen molar-refractivity contribution >= 4 is 5.91 Å². The molecule has 0 spiro atoms. The second kappa shape index (κ2) is 8.68. The molecule has 0 radical (unpaired) electrons. The summed E-state index contributed by atoms with van der Waals surface area (Å²) in [5.74, 6) is -0.0305. The molecule has 1 unspecified atom stereocenters. The molecular weight excluding hydrogens is 192 g/mol. The molecule has 0 aromatic rings. The normalized spacial score (nSPS) is 12.9. The van der Waals surface area contributed by atoms with Crippen LogP contribution in [0.3, 0.4) is 0 Å². The molecule has 1 atom stereocenters. The molecule has 0 saturated carbocycles. The zero-order valence-electron chi connectivity index (χ0n) is 10.4. The predicted molar refractivity (Wildman–Crippen MR) is 61.9 cm³/mol.